The molecule has 0 aliphatic carbocycles. The monoisotopic (exact) mass is 320 g/mol. The number of amides is 2. The number of nitrogens with zero attached hydrogens (tertiary/aromatic N) is 2. The summed E-state index contributed by atoms with van der Waals surface area (Å²) in [6, 6.07) is 15.4. The second-order valence-corrected chi connectivity index (χ2v) is 5.26. The molecule has 1 heterocycles. The number of hydrogen-bond acceptors (Lipinski definition) is 3. The van der Waals surface area contributed by atoms with Crippen LogP contribution < -0.4 is 10.6 Å². The first kappa shape index (κ1) is 15.5. The summed E-state index contributed by atoms with van der Waals surface area (Å²) in [5, 5.41) is 9.36. The molecule has 24 heavy (non-hydrogen) atoms. The van der Waals surface area contributed by atoms with Crippen LogP contribution in [0.3, 0.4) is 0 Å². The highest BCUT2D eigenvalue weighted by molar-refractivity contribution is 6.10. The molecule has 120 valence electrons. The van der Waals surface area contributed by atoms with E-state index in [1.807, 2.05) is 18.2 Å². The lowest BCUT2D eigenvalue weighted by molar-refractivity contribution is 0.103. The number of carbonyl (C=O) groups excluding carboxylic acids is 2. The van der Waals surface area contributed by atoms with Crippen LogP contribution >= 0.6 is 0 Å². The number of aryl methyl sites for hydroxylation is 1. The summed E-state index contributed by atoms with van der Waals surface area (Å²) < 4.78 is 1.59. The van der Waals surface area contributed by atoms with Crippen molar-refractivity contribution in [3.8, 4) is 0 Å². The average Bonchev–Trinajstić information content (AvgIpc) is 3.00. The number of anilines is 2. The topological polar surface area (TPSA) is 76.0 Å². The summed E-state index contributed by atoms with van der Waals surface area (Å²) in [6.07, 6.45) is 3.24. The Balaban J connectivity index is 1.71. The average molecular weight is 320 g/mol. The molecule has 3 rings (SSSR count). The van der Waals surface area contributed by atoms with Crippen molar-refractivity contribution in [1.82, 2.24) is 9.78 Å². The first-order valence-electron chi connectivity index (χ1n) is 7.38. The summed E-state index contributed by atoms with van der Waals surface area (Å²) in [6.45, 7) is 0. The van der Waals surface area contributed by atoms with Gasteiger partial charge in [0.05, 0.1) is 11.9 Å². The zero-order valence-corrected chi connectivity index (χ0v) is 13.1. The van der Waals surface area contributed by atoms with Gasteiger partial charge < -0.3 is 10.6 Å². The minimum Gasteiger partial charge on any atom is -0.308 e. The molecule has 6 nitrogen and oxygen atoms in total. The molecule has 2 aromatic carbocycles. The van der Waals surface area contributed by atoms with Gasteiger partial charge in [0.1, 0.15) is 0 Å². The molecule has 2 amide bonds. The fourth-order valence-corrected chi connectivity index (χ4v) is 2.27. The lowest BCUT2D eigenvalue weighted by Gasteiger charge is -2.08. The summed E-state index contributed by atoms with van der Waals surface area (Å²) in [5.41, 5.74) is 2.25. The van der Waals surface area contributed by atoms with Crippen molar-refractivity contribution in [2.45, 2.75) is 0 Å². The second-order valence-electron chi connectivity index (χ2n) is 5.26. The number of carbonyl (C=O) groups is 2. The molecule has 1 aromatic heterocycles. The highest BCUT2D eigenvalue weighted by Crippen LogP contribution is 2.15. The van der Waals surface area contributed by atoms with Gasteiger partial charge in [0.25, 0.3) is 0 Å². The molecule has 0 atom stereocenters. The van der Waals surface area contributed by atoms with E-state index in [0.29, 0.717) is 22.5 Å². The zero-order valence-electron chi connectivity index (χ0n) is 13.1. The molecule has 0 saturated heterocycles. The molecular formula is C18H16N4O2. The van der Waals surface area contributed by atoms with Gasteiger partial charge in [0, 0.05) is 30.1 Å². The van der Waals surface area contributed by atoms with E-state index < -0.39 is 6.03 Å². The molecule has 0 aliphatic heterocycles. The predicted molar refractivity (Wildman–Crippen MR) is 92.2 cm³/mol. The summed E-state index contributed by atoms with van der Waals surface area (Å²) in [7, 11) is 1.77. The molecule has 3 aromatic rings. The summed E-state index contributed by atoms with van der Waals surface area (Å²) in [4.78, 5) is 24.4. The third-order valence-corrected chi connectivity index (χ3v) is 3.38. The number of aromatic nitrogens is 2. The molecular weight excluding hydrogens is 304 g/mol. The highest BCUT2D eigenvalue weighted by atomic mass is 16.2. The SMILES string of the molecule is Cn1cc(NC(=O)Nc2cccc(C(=O)c3ccccc3)c2)cn1. The van der Waals surface area contributed by atoms with Crippen molar-refractivity contribution in [1.29, 1.82) is 0 Å². The van der Waals surface area contributed by atoms with E-state index in [-0.39, 0.29) is 5.78 Å². The van der Waals surface area contributed by atoms with E-state index in [2.05, 4.69) is 15.7 Å². The van der Waals surface area contributed by atoms with Gasteiger partial charge in [-0.05, 0) is 12.1 Å². The Hall–Kier alpha value is -3.41. The minimum absolute atomic E-state index is 0.0908. The quantitative estimate of drug-likeness (QED) is 0.724. The normalized spacial score (nSPS) is 10.2. The van der Waals surface area contributed by atoms with Gasteiger partial charge in [-0.25, -0.2) is 4.79 Å². The standard InChI is InChI=1S/C18H16N4O2/c1-22-12-16(11-19-22)21-18(24)20-15-9-5-8-14(10-15)17(23)13-6-3-2-4-7-13/h2-12H,1H3,(H2,20,21,24). The Morgan fingerprint density at radius 1 is 0.917 bits per heavy atom. The molecule has 0 aliphatic rings. The number of nitrogens with one attached hydrogen (secondary N) is 2. The van der Waals surface area contributed by atoms with Gasteiger partial charge in [-0.3, -0.25) is 9.48 Å². The second kappa shape index (κ2) is 6.78. The van der Waals surface area contributed by atoms with Crippen LogP contribution in [-0.4, -0.2) is 21.6 Å². The van der Waals surface area contributed by atoms with E-state index in [9.17, 15) is 9.59 Å². The highest BCUT2D eigenvalue weighted by Gasteiger charge is 2.10. The van der Waals surface area contributed by atoms with Crippen LogP contribution in [0.5, 0.6) is 0 Å². The molecule has 0 spiro atoms. The fourth-order valence-electron chi connectivity index (χ4n) is 2.27. The molecule has 0 saturated carbocycles. The molecule has 2 N–H and O–H groups in total. The maximum atomic E-state index is 12.4. The van der Waals surface area contributed by atoms with E-state index >= 15 is 0 Å². The largest absolute Gasteiger partial charge is 0.323 e. The van der Waals surface area contributed by atoms with Crippen molar-refractivity contribution in [3.05, 3.63) is 78.1 Å². The van der Waals surface area contributed by atoms with Gasteiger partial charge in [0.2, 0.25) is 0 Å². The molecule has 0 unspecified atom stereocenters. The van der Waals surface area contributed by atoms with Crippen LogP contribution in [0.2, 0.25) is 0 Å². The molecule has 0 bridgehead atoms. The number of hydrogen-bond donors (Lipinski definition) is 2. The van der Waals surface area contributed by atoms with Crippen LogP contribution in [-0.2, 0) is 7.05 Å². The van der Waals surface area contributed by atoms with Crippen LogP contribution in [0.4, 0.5) is 16.2 Å². The van der Waals surface area contributed by atoms with E-state index in [1.54, 1.807) is 60.5 Å². The van der Waals surface area contributed by atoms with E-state index in [1.165, 1.54) is 0 Å². The maximum Gasteiger partial charge on any atom is 0.323 e. The zero-order chi connectivity index (χ0) is 16.9. The van der Waals surface area contributed by atoms with Crippen molar-refractivity contribution >= 4 is 23.2 Å². The predicted octanol–water partition coefficient (Wildman–Crippen LogP) is 3.30. The molecule has 0 radical (unpaired) electrons. The van der Waals surface area contributed by atoms with Crippen molar-refractivity contribution < 1.29 is 9.59 Å². The van der Waals surface area contributed by atoms with Crippen LogP contribution in [0.15, 0.2) is 67.0 Å². The first-order valence-corrected chi connectivity index (χ1v) is 7.38. The Bertz CT molecular complexity index is 871. The number of ketones is 1. The summed E-state index contributed by atoms with van der Waals surface area (Å²) >= 11 is 0. The number of urea groups is 1. The maximum absolute atomic E-state index is 12.4. The molecule has 0 fully saturated rings. The third kappa shape index (κ3) is 3.67. The summed E-state index contributed by atoms with van der Waals surface area (Å²) in [5.74, 6) is -0.0908. The lowest BCUT2D eigenvalue weighted by Crippen LogP contribution is -2.19. The van der Waals surface area contributed by atoms with Crippen molar-refractivity contribution in [2.24, 2.45) is 7.05 Å². The van der Waals surface area contributed by atoms with Crippen LogP contribution in [0, 0.1) is 0 Å². The van der Waals surface area contributed by atoms with E-state index in [0.717, 1.165) is 0 Å². The first-order chi connectivity index (χ1) is 11.6. The smallest absolute Gasteiger partial charge is 0.308 e. The Labute approximate surface area is 139 Å². The number of rotatable bonds is 4. The van der Waals surface area contributed by atoms with E-state index in [4.69, 9.17) is 0 Å². The fraction of sp³-hybridized carbons (Fsp3) is 0.0556. The van der Waals surface area contributed by atoms with Crippen LogP contribution in [0.25, 0.3) is 0 Å². The van der Waals surface area contributed by atoms with Crippen LogP contribution in [0.1, 0.15) is 15.9 Å². The van der Waals surface area contributed by atoms with Gasteiger partial charge >= 0.3 is 6.03 Å². The lowest BCUT2D eigenvalue weighted by atomic mass is 10.0. The third-order valence-electron chi connectivity index (χ3n) is 3.38. The molecule has 6 heteroatoms. The van der Waals surface area contributed by atoms with Gasteiger partial charge in [-0.15, -0.1) is 0 Å². The van der Waals surface area contributed by atoms with Gasteiger partial charge in [0.15, 0.2) is 5.78 Å². The minimum atomic E-state index is -0.396. The van der Waals surface area contributed by atoms with Gasteiger partial charge in [-0.2, -0.15) is 5.10 Å². The number of benzene rings is 2. The van der Waals surface area contributed by atoms with Crippen molar-refractivity contribution in [2.75, 3.05) is 10.6 Å². The Kier molecular flexibility index (Phi) is 4.38. The van der Waals surface area contributed by atoms with Crippen molar-refractivity contribution in [3.63, 3.8) is 0 Å². The Morgan fingerprint density at radius 2 is 1.62 bits per heavy atom. The van der Waals surface area contributed by atoms with Gasteiger partial charge in [-0.1, -0.05) is 42.5 Å². The Morgan fingerprint density at radius 3 is 2.33 bits per heavy atom.